The molecule has 0 unspecified atom stereocenters. The predicted molar refractivity (Wildman–Crippen MR) is 101 cm³/mol. The summed E-state index contributed by atoms with van der Waals surface area (Å²) < 4.78 is 10.7. The van der Waals surface area contributed by atoms with Crippen molar-refractivity contribution in [3.63, 3.8) is 0 Å². The van der Waals surface area contributed by atoms with Crippen molar-refractivity contribution >= 4 is 28.4 Å². The van der Waals surface area contributed by atoms with E-state index in [0.717, 1.165) is 22.0 Å². The highest BCUT2D eigenvalue weighted by Crippen LogP contribution is 2.29. The lowest BCUT2D eigenvalue weighted by Gasteiger charge is -2.10. The Morgan fingerprint density at radius 1 is 0.880 bits per heavy atom. The van der Waals surface area contributed by atoms with Crippen molar-refractivity contribution in [3.8, 4) is 11.5 Å². The first kappa shape index (κ1) is 16.6. The van der Waals surface area contributed by atoms with E-state index in [4.69, 9.17) is 9.47 Å². The molecule has 0 saturated heterocycles. The average Bonchev–Trinajstić information content (AvgIpc) is 2.66. The first-order valence-corrected chi connectivity index (χ1v) is 7.90. The SMILES string of the molecule is COc1cccc(OC)c1C=CC(=O)Nc1cccc2ccccc12. The number of fused-ring (bicyclic) bond motifs is 1. The molecule has 25 heavy (non-hydrogen) atoms. The van der Waals surface area contributed by atoms with Gasteiger partial charge in [0.2, 0.25) is 5.91 Å². The molecule has 1 amide bonds. The smallest absolute Gasteiger partial charge is 0.248 e. The van der Waals surface area contributed by atoms with Gasteiger partial charge < -0.3 is 14.8 Å². The van der Waals surface area contributed by atoms with Crippen molar-refractivity contribution in [3.05, 3.63) is 72.3 Å². The van der Waals surface area contributed by atoms with Crippen LogP contribution in [0, 0.1) is 0 Å². The Bertz CT molecular complexity index is 904. The van der Waals surface area contributed by atoms with E-state index in [0.29, 0.717) is 11.5 Å². The maximum atomic E-state index is 12.3. The summed E-state index contributed by atoms with van der Waals surface area (Å²) in [5, 5.41) is 5.00. The normalized spacial score (nSPS) is 10.8. The second kappa shape index (κ2) is 7.53. The summed E-state index contributed by atoms with van der Waals surface area (Å²) in [7, 11) is 3.17. The van der Waals surface area contributed by atoms with Crippen molar-refractivity contribution in [1.82, 2.24) is 0 Å². The molecule has 0 aliphatic rings. The van der Waals surface area contributed by atoms with Crippen LogP contribution in [0.25, 0.3) is 16.8 Å². The summed E-state index contributed by atoms with van der Waals surface area (Å²) in [5.74, 6) is 1.08. The highest BCUT2D eigenvalue weighted by Gasteiger charge is 2.08. The van der Waals surface area contributed by atoms with E-state index in [1.165, 1.54) is 6.08 Å². The van der Waals surface area contributed by atoms with Crippen molar-refractivity contribution < 1.29 is 14.3 Å². The van der Waals surface area contributed by atoms with Crippen LogP contribution in [0.2, 0.25) is 0 Å². The highest BCUT2D eigenvalue weighted by molar-refractivity contribution is 6.07. The molecule has 0 heterocycles. The molecule has 3 aromatic carbocycles. The molecule has 3 aromatic rings. The molecule has 0 fully saturated rings. The maximum absolute atomic E-state index is 12.3. The summed E-state index contributed by atoms with van der Waals surface area (Å²) >= 11 is 0. The maximum Gasteiger partial charge on any atom is 0.248 e. The standard InChI is InChI=1S/C21H19NO3/c1-24-19-11-6-12-20(25-2)17(19)13-14-21(23)22-18-10-5-8-15-7-3-4-9-16(15)18/h3-14H,1-2H3,(H,22,23). The zero-order valence-corrected chi connectivity index (χ0v) is 14.2. The first-order chi connectivity index (χ1) is 12.2. The van der Waals surface area contributed by atoms with Crippen molar-refractivity contribution in [2.24, 2.45) is 0 Å². The second-order valence-corrected chi connectivity index (χ2v) is 5.43. The average molecular weight is 333 g/mol. The van der Waals surface area contributed by atoms with Crippen molar-refractivity contribution in [1.29, 1.82) is 0 Å². The monoisotopic (exact) mass is 333 g/mol. The number of nitrogens with one attached hydrogen (secondary N) is 1. The van der Waals surface area contributed by atoms with E-state index in [1.54, 1.807) is 20.3 Å². The molecular formula is C21H19NO3. The number of benzene rings is 3. The molecule has 3 rings (SSSR count). The Kier molecular flexibility index (Phi) is 5.00. The van der Waals surface area contributed by atoms with E-state index >= 15 is 0 Å². The van der Waals surface area contributed by atoms with E-state index in [9.17, 15) is 4.79 Å². The molecule has 0 radical (unpaired) electrons. The third-order valence-electron chi connectivity index (χ3n) is 3.91. The summed E-state index contributed by atoms with van der Waals surface area (Å²) in [4.78, 5) is 12.3. The largest absolute Gasteiger partial charge is 0.496 e. The molecule has 0 bridgehead atoms. The van der Waals surface area contributed by atoms with Gasteiger partial charge in [0.1, 0.15) is 11.5 Å². The Balaban J connectivity index is 1.84. The lowest BCUT2D eigenvalue weighted by Crippen LogP contribution is -2.08. The number of amides is 1. The van der Waals surface area contributed by atoms with Crippen LogP contribution in [-0.4, -0.2) is 20.1 Å². The molecule has 0 aliphatic carbocycles. The minimum Gasteiger partial charge on any atom is -0.496 e. The number of rotatable bonds is 5. The van der Waals surface area contributed by atoms with Crippen LogP contribution in [0.4, 0.5) is 5.69 Å². The van der Waals surface area contributed by atoms with Gasteiger partial charge in [-0.3, -0.25) is 4.79 Å². The van der Waals surface area contributed by atoms with Crippen LogP contribution in [0.1, 0.15) is 5.56 Å². The fourth-order valence-corrected chi connectivity index (χ4v) is 2.71. The summed E-state index contributed by atoms with van der Waals surface area (Å²) in [5.41, 5.74) is 1.50. The lowest BCUT2D eigenvalue weighted by atomic mass is 10.1. The first-order valence-electron chi connectivity index (χ1n) is 7.90. The van der Waals surface area contributed by atoms with Gasteiger partial charge in [0.15, 0.2) is 0 Å². The van der Waals surface area contributed by atoms with Crippen molar-refractivity contribution in [2.75, 3.05) is 19.5 Å². The predicted octanol–water partition coefficient (Wildman–Crippen LogP) is 4.51. The Morgan fingerprint density at radius 2 is 1.52 bits per heavy atom. The third kappa shape index (κ3) is 3.63. The second-order valence-electron chi connectivity index (χ2n) is 5.43. The van der Waals surface area contributed by atoms with E-state index in [2.05, 4.69) is 5.32 Å². The minimum atomic E-state index is -0.218. The zero-order valence-electron chi connectivity index (χ0n) is 14.2. The fraction of sp³-hybridized carbons (Fsp3) is 0.0952. The molecule has 126 valence electrons. The van der Waals surface area contributed by atoms with Gasteiger partial charge in [0.25, 0.3) is 0 Å². The van der Waals surface area contributed by atoms with Crippen LogP contribution in [-0.2, 0) is 4.79 Å². The van der Waals surface area contributed by atoms with Crippen molar-refractivity contribution in [2.45, 2.75) is 0 Å². The lowest BCUT2D eigenvalue weighted by molar-refractivity contribution is -0.111. The molecule has 0 saturated carbocycles. The summed E-state index contributed by atoms with van der Waals surface area (Å²) in [6.07, 6.45) is 3.17. The molecule has 0 spiro atoms. The molecule has 1 N–H and O–H groups in total. The third-order valence-corrected chi connectivity index (χ3v) is 3.91. The number of hydrogen-bond donors (Lipinski definition) is 1. The van der Waals surface area contributed by atoms with Gasteiger partial charge in [-0.15, -0.1) is 0 Å². The number of ether oxygens (including phenoxy) is 2. The topological polar surface area (TPSA) is 47.6 Å². The number of anilines is 1. The molecule has 0 aliphatic heterocycles. The summed E-state index contributed by atoms with van der Waals surface area (Å²) in [6.45, 7) is 0. The van der Waals surface area contributed by atoms with E-state index < -0.39 is 0 Å². The number of methoxy groups -OCH3 is 2. The molecule has 4 nitrogen and oxygen atoms in total. The minimum absolute atomic E-state index is 0.218. The fourth-order valence-electron chi connectivity index (χ4n) is 2.71. The molecular weight excluding hydrogens is 314 g/mol. The molecule has 0 atom stereocenters. The van der Waals surface area contributed by atoms with Gasteiger partial charge in [-0.2, -0.15) is 0 Å². The molecule has 0 aromatic heterocycles. The van der Waals surface area contributed by atoms with Gasteiger partial charge in [-0.25, -0.2) is 0 Å². The van der Waals surface area contributed by atoms with Crippen LogP contribution in [0.5, 0.6) is 11.5 Å². The Morgan fingerprint density at radius 3 is 2.24 bits per heavy atom. The van der Waals surface area contributed by atoms with Gasteiger partial charge in [-0.05, 0) is 29.7 Å². The van der Waals surface area contributed by atoms with Crippen LogP contribution >= 0.6 is 0 Å². The number of carbonyl (C=O) groups is 1. The number of hydrogen-bond acceptors (Lipinski definition) is 3. The van der Waals surface area contributed by atoms with Gasteiger partial charge in [-0.1, -0.05) is 42.5 Å². The zero-order chi connectivity index (χ0) is 17.6. The van der Waals surface area contributed by atoms with E-state index in [1.807, 2.05) is 60.7 Å². The molecule has 4 heteroatoms. The Labute approximate surface area is 146 Å². The van der Waals surface area contributed by atoms with Gasteiger partial charge >= 0.3 is 0 Å². The van der Waals surface area contributed by atoms with Gasteiger partial charge in [0.05, 0.1) is 19.8 Å². The highest BCUT2D eigenvalue weighted by atomic mass is 16.5. The van der Waals surface area contributed by atoms with Crippen LogP contribution < -0.4 is 14.8 Å². The Hall–Kier alpha value is -3.27. The van der Waals surface area contributed by atoms with Gasteiger partial charge in [0, 0.05) is 17.1 Å². The van der Waals surface area contributed by atoms with Crippen LogP contribution in [0.3, 0.4) is 0 Å². The van der Waals surface area contributed by atoms with Crippen LogP contribution in [0.15, 0.2) is 66.7 Å². The van der Waals surface area contributed by atoms with E-state index in [-0.39, 0.29) is 5.91 Å². The summed E-state index contributed by atoms with van der Waals surface area (Å²) in [6, 6.07) is 19.2. The quantitative estimate of drug-likeness (QED) is 0.699. The number of carbonyl (C=O) groups excluding carboxylic acids is 1.